The van der Waals surface area contributed by atoms with Crippen LogP contribution in [-0.2, 0) is 13.0 Å². The molecule has 0 saturated carbocycles. The number of hydrogen-bond donors (Lipinski definition) is 1. The smallest absolute Gasteiger partial charge is 0.0411 e. The van der Waals surface area contributed by atoms with E-state index >= 15 is 0 Å². The van der Waals surface area contributed by atoms with E-state index in [1.807, 2.05) is 30.1 Å². The lowest BCUT2D eigenvalue weighted by atomic mass is 10.2. The summed E-state index contributed by atoms with van der Waals surface area (Å²) in [6.45, 7) is 4.10. The third kappa shape index (κ3) is 5.05. The lowest BCUT2D eigenvalue weighted by Gasteiger charge is -2.04. The average molecular weight is 272 g/mol. The van der Waals surface area contributed by atoms with Gasteiger partial charge in [0.1, 0.15) is 0 Å². The number of aromatic nitrogens is 1. The molecule has 19 heavy (non-hydrogen) atoms. The number of thioether (sulfide) groups is 1. The van der Waals surface area contributed by atoms with Crippen molar-refractivity contribution in [2.24, 2.45) is 0 Å². The Balaban J connectivity index is 1.77. The Bertz CT molecular complexity index is 468. The molecule has 0 radical (unpaired) electrons. The molecule has 0 aliphatic heterocycles. The topological polar surface area (TPSA) is 24.9 Å². The molecule has 0 atom stereocenters. The number of rotatable bonds is 7. The molecule has 3 heteroatoms. The summed E-state index contributed by atoms with van der Waals surface area (Å²) in [4.78, 5) is 5.67. The molecule has 0 aliphatic carbocycles. The summed E-state index contributed by atoms with van der Waals surface area (Å²) in [6, 6.07) is 14.9. The Kier molecular flexibility index (Phi) is 5.92. The van der Waals surface area contributed by atoms with Crippen LogP contribution in [-0.4, -0.2) is 17.3 Å². The summed E-state index contributed by atoms with van der Waals surface area (Å²) >= 11 is 1.89. The van der Waals surface area contributed by atoms with Gasteiger partial charge in [0.15, 0.2) is 0 Å². The highest BCUT2D eigenvalue weighted by Gasteiger charge is 1.97. The van der Waals surface area contributed by atoms with E-state index in [4.69, 9.17) is 0 Å². The molecule has 1 N–H and O–H groups in total. The van der Waals surface area contributed by atoms with Gasteiger partial charge < -0.3 is 5.32 Å². The fourth-order valence-electron chi connectivity index (χ4n) is 1.79. The van der Waals surface area contributed by atoms with Crippen molar-refractivity contribution < 1.29 is 0 Å². The predicted molar refractivity (Wildman–Crippen MR) is 82.5 cm³/mol. The number of aryl methyl sites for hydroxylation is 1. The Morgan fingerprint density at radius 2 is 1.95 bits per heavy atom. The predicted octanol–water partition coefficient (Wildman–Crippen LogP) is 3.53. The molecule has 1 heterocycles. The third-order valence-corrected chi connectivity index (χ3v) is 3.87. The highest BCUT2D eigenvalue weighted by molar-refractivity contribution is 7.99. The lowest BCUT2D eigenvalue weighted by molar-refractivity contribution is 0.726. The number of pyridine rings is 1. The van der Waals surface area contributed by atoms with Crippen LogP contribution < -0.4 is 5.32 Å². The molecular weight excluding hydrogens is 252 g/mol. The summed E-state index contributed by atoms with van der Waals surface area (Å²) in [5.74, 6) is 1.07. The first-order valence-electron chi connectivity index (χ1n) is 6.71. The van der Waals surface area contributed by atoms with Crippen LogP contribution in [0.2, 0.25) is 0 Å². The second-order valence-corrected chi connectivity index (χ2v) is 5.51. The van der Waals surface area contributed by atoms with Crippen LogP contribution in [0.5, 0.6) is 0 Å². The molecule has 1 aromatic carbocycles. The molecule has 0 bridgehead atoms. The number of nitrogens with one attached hydrogen (secondary N) is 1. The standard InChI is InChI=1S/C16H20N2S/c1-2-17-13-14-6-8-16(9-7-14)19-12-10-15-5-3-4-11-18-15/h3-9,11,17H,2,10,12-13H2,1H3. The molecule has 0 unspecified atom stereocenters. The summed E-state index contributed by atoms with van der Waals surface area (Å²) in [5, 5.41) is 3.33. The van der Waals surface area contributed by atoms with E-state index in [-0.39, 0.29) is 0 Å². The molecule has 0 aliphatic rings. The summed E-state index contributed by atoms with van der Waals surface area (Å²) in [7, 11) is 0. The first-order chi connectivity index (χ1) is 9.38. The van der Waals surface area contributed by atoms with E-state index in [0.717, 1.165) is 25.3 Å². The third-order valence-electron chi connectivity index (χ3n) is 2.86. The number of hydrogen-bond acceptors (Lipinski definition) is 3. The first kappa shape index (κ1) is 14.1. The van der Waals surface area contributed by atoms with Crippen LogP contribution in [0.4, 0.5) is 0 Å². The van der Waals surface area contributed by atoms with E-state index in [9.17, 15) is 0 Å². The van der Waals surface area contributed by atoms with Gasteiger partial charge in [-0.25, -0.2) is 0 Å². The molecule has 2 nitrogen and oxygen atoms in total. The lowest BCUT2D eigenvalue weighted by Crippen LogP contribution is -2.11. The summed E-state index contributed by atoms with van der Waals surface area (Å²) in [5.41, 5.74) is 2.51. The quantitative estimate of drug-likeness (QED) is 0.781. The zero-order chi connectivity index (χ0) is 13.3. The van der Waals surface area contributed by atoms with E-state index in [1.165, 1.54) is 16.2 Å². The van der Waals surface area contributed by atoms with Crippen molar-refractivity contribution >= 4 is 11.8 Å². The Morgan fingerprint density at radius 1 is 1.11 bits per heavy atom. The molecule has 2 rings (SSSR count). The van der Waals surface area contributed by atoms with Gasteiger partial charge in [0.2, 0.25) is 0 Å². The van der Waals surface area contributed by atoms with Crippen molar-refractivity contribution in [1.82, 2.24) is 10.3 Å². The van der Waals surface area contributed by atoms with E-state index in [1.54, 1.807) is 0 Å². The molecule has 0 spiro atoms. The van der Waals surface area contributed by atoms with Crippen LogP contribution in [0, 0.1) is 0 Å². The van der Waals surface area contributed by atoms with Gasteiger partial charge in [-0.05, 0) is 42.8 Å². The molecule has 0 saturated heterocycles. The van der Waals surface area contributed by atoms with Crippen molar-refractivity contribution in [1.29, 1.82) is 0 Å². The van der Waals surface area contributed by atoms with Crippen molar-refractivity contribution in [3.05, 3.63) is 59.9 Å². The van der Waals surface area contributed by atoms with Gasteiger partial charge in [0.05, 0.1) is 0 Å². The zero-order valence-electron chi connectivity index (χ0n) is 11.3. The Morgan fingerprint density at radius 3 is 2.63 bits per heavy atom. The normalized spacial score (nSPS) is 10.6. The Labute approximate surface area is 119 Å². The molecule has 100 valence electrons. The monoisotopic (exact) mass is 272 g/mol. The largest absolute Gasteiger partial charge is 0.313 e. The molecule has 0 amide bonds. The Hall–Kier alpha value is -1.32. The second kappa shape index (κ2) is 7.97. The van der Waals surface area contributed by atoms with Gasteiger partial charge in [0, 0.05) is 29.1 Å². The minimum atomic E-state index is 0.954. The van der Waals surface area contributed by atoms with E-state index < -0.39 is 0 Å². The first-order valence-corrected chi connectivity index (χ1v) is 7.69. The van der Waals surface area contributed by atoms with Crippen molar-refractivity contribution in [3.8, 4) is 0 Å². The van der Waals surface area contributed by atoms with Crippen LogP contribution in [0.1, 0.15) is 18.2 Å². The average Bonchev–Trinajstić information content (AvgIpc) is 2.47. The van der Waals surface area contributed by atoms with Gasteiger partial charge in [-0.2, -0.15) is 0 Å². The second-order valence-electron chi connectivity index (χ2n) is 4.34. The summed E-state index contributed by atoms with van der Waals surface area (Å²) in [6.07, 6.45) is 2.88. The van der Waals surface area contributed by atoms with Gasteiger partial charge in [-0.15, -0.1) is 11.8 Å². The zero-order valence-corrected chi connectivity index (χ0v) is 12.1. The van der Waals surface area contributed by atoms with E-state index in [2.05, 4.69) is 47.6 Å². The highest BCUT2D eigenvalue weighted by Crippen LogP contribution is 2.19. The van der Waals surface area contributed by atoms with Crippen molar-refractivity contribution in [3.63, 3.8) is 0 Å². The maximum atomic E-state index is 4.34. The molecule has 0 fully saturated rings. The highest BCUT2D eigenvalue weighted by atomic mass is 32.2. The minimum absolute atomic E-state index is 0.954. The fourth-order valence-corrected chi connectivity index (χ4v) is 2.67. The maximum absolute atomic E-state index is 4.34. The van der Waals surface area contributed by atoms with Crippen LogP contribution >= 0.6 is 11.8 Å². The van der Waals surface area contributed by atoms with Gasteiger partial charge in [0.25, 0.3) is 0 Å². The van der Waals surface area contributed by atoms with Gasteiger partial charge in [-0.1, -0.05) is 25.1 Å². The molecule has 2 aromatic rings. The van der Waals surface area contributed by atoms with Crippen LogP contribution in [0.15, 0.2) is 53.6 Å². The van der Waals surface area contributed by atoms with Crippen LogP contribution in [0.25, 0.3) is 0 Å². The molecular formula is C16H20N2S. The fraction of sp³-hybridized carbons (Fsp3) is 0.312. The van der Waals surface area contributed by atoms with Gasteiger partial charge >= 0.3 is 0 Å². The van der Waals surface area contributed by atoms with Crippen molar-refractivity contribution in [2.45, 2.75) is 24.8 Å². The number of benzene rings is 1. The molecule has 1 aromatic heterocycles. The minimum Gasteiger partial charge on any atom is -0.313 e. The number of nitrogens with zero attached hydrogens (tertiary/aromatic N) is 1. The van der Waals surface area contributed by atoms with E-state index in [0.29, 0.717) is 0 Å². The summed E-state index contributed by atoms with van der Waals surface area (Å²) < 4.78 is 0. The maximum Gasteiger partial charge on any atom is 0.0411 e. The van der Waals surface area contributed by atoms with Crippen molar-refractivity contribution in [2.75, 3.05) is 12.3 Å². The SMILES string of the molecule is CCNCc1ccc(SCCc2ccccn2)cc1. The van der Waals surface area contributed by atoms with Gasteiger partial charge in [-0.3, -0.25) is 4.98 Å². The van der Waals surface area contributed by atoms with Crippen LogP contribution in [0.3, 0.4) is 0 Å².